The fourth-order valence-corrected chi connectivity index (χ4v) is 2.55. The molecule has 0 radical (unpaired) electrons. The van der Waals surface area contributed by atoms with Crippen LogP contribution in [0.25, 0.3) is 0 Å². The third-order valence-corrected chi connectivity index (χ3v) is 3.75. The summed E-state index contributed by atoms with van der Waals surface area (Å²) in [5, 5.41) is 2.83. The highest BCUT2D eigenvalue weighted by Gasteiger charge is 2.16. The van der Waals surface area contributed by atoms with Crippen molar-refractivity contribution in [1.29, 1.82) is 0 Å². The lowest BCUT2D eigenvalue weighted by Gasteiger charge is -2.22. The maximum atomic E-state index is 11.9. The standard InChI is InChI=1S/C16H24N2O2/c17-15(13-7-3-1-4-8-13)16(19)18-11-12-20-14-9-5-2-6-10-14/h1,3-4,7-8,14-15H,2,5-6,9-12,17H2,(H,18,19)/t15-/m1/s1. The van der Waals surface area contributed by atoms with E-state index in [1.165, 1.54) is 19.3 Å². The quantitative estimate of drug-likeness (QED) is 0.783. The van der Waals surface area contributed by atoms with Gasteiger partial charge in [0.25, 0.3) is 0 Å². The van der Waals surface area contributed by atoms with Gasteiger partial charge >= 0.3 is 0 Å². The molecule has 1 atom stereocenters. The van der Waals surface area contributed by atoms with Gasteiger partial charge in [-0.1, -0.05) is 49.6 Å². The minimum absolute atomic E-state index is 0.150. The molecule has 0 aromatic heterocycles. The molecule has 1 fully saturated rings. The van der Waals surface area contributed by atoms with Crippen molar-refractivity contribution in [2.75, 3.05) is 13.2 Å². The van der Waals surface area contributed by atoms with E-state index < -0.39 is 6.04 Å². The summed E-state index contributed by atoms with van der Waals surface area (Å²) in [6, 6.07) is 8.80. The SMILES string of the molecule is N[C@@H](C(=O)NCCOC1CCCCC1)c1ccccc1. The molecule has 1 aromatic rings. The summed E-state index contributed by atoms with van der Waals surface area (Å²) in [4.78, 5) is 11.9. The second kappa shape index (κ2) is 8.02. The largest absolute Gasteiger partial charge is 0.376 e. The predicted octanol–water partition coefficient (Wildman–Crippen LogP) is 2.15. The van der Waals surface area contributed by atoms with Crippen molar-refractivity contribution in [3.05, 3.63) is 35.9 Å². The second-order valence-electron chi connectivity index (χ2n) is 5.31. The molecule has 110 valence electrons. The Morgan fingerprint density at radius 3 is 2.65 bits per heavy atom. The van der Waals surface area contributed by atoms with Gasteiger partial charge in [0.2, 0.25) is 5.91 Å². The van der Waals surface area contributed by atoms with Crippen molar-refractivity contribution in [3.63, 3.8) is 0 Å². The van der Waals surface area contributed by atoms with Crippen LogP contribution in [0, 0.1) is 0 Å². The molecular formula is C16H24N2O2. The van der Waals surface area contributed by atoms with E-state index in [-0.39, 0.29) is 5.91 Å². The van der Waals surface area contributed by atoms with Crippen molar-refractivity contribution in [1.82, 2.24) is 5.32 Å². The van der Waals surface area contributed by atoms with Gasteiger partial charge in [0.1, 0.15) is 6.04 Å². The normalized spacial score (nSPS) is 17.6. The van der Waals surface area contributed by atoms with Crippen LogP contribution in [-0.4, -0.2) is 25.2 Å². The van der Waals surface area contributed by atoms with Gasteiger partial charge in [0.15, 0.2) is 0 Å². The summed E-state index contributed by atoms with van der Waals surface area (Å²) in [5.74, 6) is -0.150. The van der Waals surface area contributed by atoms with E-state index >= 15 is 0 Å². The van der Waals surface area contributed by atoms with Gasteiger partial charge in [0.05, 0.1) is 12.7 Å². The van der Waals surface area contributed by atoms with E-state index in [0.717, 1.165) is 18.4 Å². The maximum Gasteiger partial charge on any atom is 0.241 e. The summed E-state index contributed by atoms with van der Waals surface area (Å²) in [5.41, 5.74) is 6.74. The Morgan fingerprint density at radius 1 is 1.25 bits per heavy atom. The summed E-state index contributed by atoms with van der Waals surface area (Å²) >= 11 is 0. The summed E-state index contributed by atoms with van der Waals surface area (Å²) in [7, 11) is 0. The first kappa shape index (κ1) is 15.0. The molecule has 4 heteroatoms. The van der Waals surface area contributed by atoms with Gasteiger partial charge in [-0.25, -0.2) is 0 Å². The van der Waals surface area contributed by atoms with Crippen LogP contribution in [-0.2, 0) is 9.53 Å². The number of amides is 1. The predicted molar refractivity (Wildman–Crippen MR) is 79.2 cm³/mol. The van der Waals surface area contributed by atoms with E-state index in [4.69, 9.17) is 10.5 Å². The Morgan fingerprint density at radius 2 is 1.95 bits per heavy atom. The van der Waals surface area contributed by atoms with Gasteiger partial charge in [-0.15, -0.1) is 0 Å². The summed E-state index contributed by atoms with van der Waals surface area (Å²) < 4.78 is 5.76. The molecule has 1 aliphatic carbocycles. The summed E-state index contributed by atoms with van der Waals surface area (Å²) in [6.45, 7) is 1.09. The van der Waals surface area contributed by atoms with Crippen LogP contribution in [0.2, 0.25) is 0 Å². The maximum absolute atomic E-state index is 11.9. The molecule has 0 spiro atoms. The van der Waals surface area contributed by atoms with Crippen LogP contribution in [0.4, 0.5) is 0 Å². The van der Waals surface area contributed by atoms with Crippen LogP contribution in [0.3, 0.4) is 0 Å². The Labute approximate surface area is 120 Å². The molecule has 0 unspecified atom stereocenters. The number of nitrogens with one attached hydrogen (secondary N) is 1. The number of ether oxygens (including phenoxy) is 1. The van der Waals surface area contributed by atoms with E-state index in [2.05, 4.69) is 5.32 Å². The molecule has 1 aliphatic rings. The van der Waals surface area contributed by atoms with Gasteiger partial charge in [0, 0.05) is 6.54 Å². The van der Waals surface area contributed by atoms with Crippen molar-refractivity contribution >= 4 is 5.91 Å². The summed E-state index contributed by atoms with van der Waals surface area (Å²) in [6.07, 6.45) is 6.52. The molecule has 0 saturated heterocycles. The third-order valence-electron chi connectivity index (χ3n) is 3.75. The smallest absolute Gasteiger partial charge is 0.241 e. The minimum atomic E-state index is -0.606. The van der Waals surface area contributed by atoms with E-state index in [0.29, 0.717) is 19.3 Å². The van der Waals surface area contributed by atoms with E-state index in [9.17, 15) is 4.79 Å². The van der Waals surface area contributed by atoms with Gasteiger partial charge in [-0.3, -0.25) is 4.79 Å². The van der Waals surface area contributed by atoms with Gasteiger partial charge in [-0.05, 0) is 18.4 Å². The number of benzene rings is 1. The van der Waals surface area contributed by atoms with Crippen LogP contribution in [0.5, 0.6) is 0 Å². The first-order chi connectivity index (χ1) is 9.77. The number of hydrogen-bond acceptors (Lipinski definition) is 3. The topological polar surface area (TPSA) is 64.4 Å². The zero-order chi connectivity index (χ0) is 14.2. The fraction of sp³-hybridized carbons (Fsp3) is 0.562. The van der Waals surface area contributed by atoms with Crippen LogP contribution in [0.1, 0.15) is 43.7 Å². The number of rotatable bonds is 6. The molecule has 0 bridgehead atoms. The molecule has 1 aromatic carbocycles. The fourth-order valence-electron chi connectivity index (χ4n) is 2.55. The number of nitrogens with two attached hydrogens (primary N) is 1. The van der Waals surface area contributed by atoms with Crippen molar-refractivity contribution in [2.24, 2.45) is 5.73 Å². The highest BCUT2D eigenvalue weighted by molar-refractivity contribution is 5.82. The lowest BCUT2D eigenvalue weighted by molar-refractivity contribution is -0.122. The average molecular weight is 276 g/mol. The molecule has 4 nitrogen and oxygen atoms in total. The van der Waals surface area contributed by atoms with Crippen molar-refractivity contribution in [3.8, 4) is 0 Å². The number of hydrogen-bond donors (Lipinski definition) is 2. The van der Waals surface area contributed by atoms with Crippen LogP contribution in [0.15, 0.2) is 30.3 Å². The van der Waals surface area contributed by atoms with Gasteiger partial charge < -0.3 is 15.8 Å². The lowest BCUT2D eigenvalue weighted by atomic mass is 9.98. The average Bonchev–Trinajstić information content (AvgIpc) is 2.52. The zero-order valence-electron chi connectivity index (χ0n) is 11.9. The first-order valence-corrected chi connectivity index (χ1v) is 7.47. The molecule has 0 aliphatic heterocycles. The van der Waals surface area contributed by atoms with Gasteiger partial charge in [-0.2, -0.15) is 0 Å². The molecule has 2 rings (SSSR count). The first-order valence-electron chi connectivity index (χ1n) is 7.47. The Hall–Kier alpha value is -1.39. The van der Waals surface area contributed by atoms with Crippen LogP contribution < -0.4 is 11.1 Å². The van der Waals surface area contributed by atoms with E-state index in [1.807, 2.05) is 30.3 Å². The monoisotopic (exact) mass is 276 g/mol. The molecule has 0 heterocycles. The Kier molecular flexibility index (Phi) is 6.02. The second-order valence-corrected chi connectivity index (χ2v) is 5.31. The molecular weight excluding hydrogens is 252 g/mol. The lowest BCUT2D eigenvalue weighted by Crippen LogP contribution is -2.36. The minimum Gasteiger partial charge on any atom is -0.376 e. The molecule has 1 saturated carbocycles. The number of carbonyl (C=O) groups is 1. The van der Waals surface area contributed by atoms with E-state index in [1.54, 1.807) is 0 Å². The third kappa shape index (κ3) is 4.62. The molecule has 20 heavy (non-hydrogen) atoms. The highest BCUT2D eigenvalue weighted by atomic mass is 16.5. The van der Waals surface area contributed by atoms with Crippen molar-refractivity contribution in [2.45, 2.75) is 44.2 Å². The molecule has 1 amide bonds. The number of carbonyl (C=O) groups excluding carboxylic acids is 1. The molecule has 3 N–H and O–H groups in total. The highest BCUT2D eigenvalue weighted by Crippen LogP contribution is 2.19. The Bertz CT molecular complexity index is 402. The van der Waals surface area contributed by atoms with Crippen molar-refractivity contribution < 1.29 is 9.53 Å². The zero-order valence-corrected chi connectivity index (χ0v) is 11.9. The van der Waals surface area contributed by atoms with Crippen LogP contribution >= 0.6 is 0 Å². The Balaban J connectivity index is 1.64.